The van der Waals surface area contributed by atoms with E-state index in [1.807, 2.05) is 18.0 Å². The Kier molecular flexibility index (Phi) is 3.07. The minimum atomic E-state index is -0.359. The maximum absolute atomic E-state index is 6.24. The van der Waals surface area contributed by atoms with E-state index in [4.69, 9.17) is 4.74 Å². The fraction of sp³-hybridized carbons (Fsp3) is 0.263. The molecule has 0 N–H and O–H groups in total. The summed E-state index contributed by atoms with van der Waals surface area (Å²) in [5, 5.41) is 0.517. The number of hydrogen-bond donors (Lipinski definition) is 0. The van der Waals surface area contributed by atoms with Gasteiger partial charge in [-0.2, -0.15) is 0 Å². The van der Waals surface area contributed by atoms with Gasteiger partial charge in [-0.25, -0.2) is 0 Å². The Bertz CT molecular complexity index is 659. The van der Waals surface area contributed by atoms with Crippen LogP contribution in [0.4, 0.5) is 0 Å². The van der Waals surface area contributed by atoms with Crippen molar-refractivity contribution >= 4 is 11.8 Å². The molecule has 0 aromatic heterocycles. The molecule has 0 fully saturated rings. The van der Waals surface area contributed by atoms with Crippen molar-refractivity contribution in [1.82, 2.24) is 0 Å². The second kappa shape index (κ2) is 4.96. The molecule has 0 saturated heterocycles. The summed E-state index contributed by atoms with van der Waals surface area (Å²) >= 11 is 1.94. The van der Waals surface area contributed by atoms with Crippen LogP contribution in [-0.4, -0.2) is 5.25 Å². The lowest BCUT2D eigenvalue weighted by Gasteiger charge is -2.36. The van der Waals surface area contributed by atoms with Gasteiger partial charge in [-0.05, 0) is 23.6 Å². The van der Waals surface area contributed by atoms with Crippen LogP contribution in [-0.2, 0) is 9.67 Å². The first-order valence-electron chi connectivity index (χ1n) is 7.57. The molecule has 0 unspecified atom stereocenters. The first kappa shape index (κ1) is 13.0. The number of thioether (sulfide) groups is 1. The number of rotatable bonds is 2. The molecule has 0 saturated carbocycles. The Labute approximate surface area is 130 Å². The van der Waals surface area contributed by atoms with Crippen molar-refractivity contribution in [3.8, 4) is 11.1 Å². The average molecular weight is 294 g/mol. The number of fused-ring (bicyclic) bond motifs is 5. The number of hydrogen-bond acceptors (Lipinski definition) is 2. The van der Waals surface area contributed by atoms with Gasteiger partial charge in [0.15, 0.2) is 0 Å². The Morgan fingerprint density at radius 2 is 1.62 bits per heavy atom. The van der Waals surface area contributed by atoms with Crippen LogP contribution in [0, 0.1) is 0 Å². The number of ether oxygens (including phenoxy) is 1. The van der Waals surface area contributed by atoms with Gasteiger partial charge >= 0.3 is 0 Å². The zero-order chi connectivity index (χ0) is 14.3. The van der Waals surface area contributed by atoms with Crippen molar-refractivity contribution in [3.63, 3.8) is 0 Å². The summed E-state index contributed by atoms with van der Waals surface area (Å²) in [7, 11) is 0. The van der Waals surface area contributed by atoms with E-state index in [0.717, 1.165) is 0 Å². The minimum Gasteiger partial charge on any atom is -0.476 e. The fourth-order valence-electron chi connectivity index (χ4n) is 3.35. The van der Waals surface area contributed by atoms with Gasteiger partial charge in [-0.3, -0.25) is 0 Å². The summed E-state index contributed by atoms with van der Waals surface area (Å²) in [4.78, 5) is -0.359. The van der Waals surface area contributed by atoms with Gasteiger partial charge in [0.1, 0.15) is 0 Å². The predicted molar refractivity (Wildman–Crippen MR) is 89.2 cm³/mol. The molecule has 1 atom stereocenters. The van der Waals surface area contributed by atoms with Crippen molar-refractivity contribution in [2.45, 2.75) is 29.9 Å². The van der Waals surface area contributed by atoms with Crippen molar-refractivity contribution in [2.75, 3.05) is 0 Å². The fourth-order valence-corrected chi connectivity index (χ4v) is 5.00. The minimum absolute atomic E-state index is 0.359. The smallest absolute Gasteiger partial charge is 0.206 e. The molecule has 0 bridgehead atoms. The lowest BCUT2D eigenvalue weighted by atomic mass is 10.1. The maximum Gasteiger partial charge on any atom is 0.206 e. The highest BCUT2D eigenvalue weighted by Crippen LogP contribution is 2.58. The van der Waals surface area contributed by atoms with Crippen LogP contribution in [0.15, 0.2) is 60.9 Å². The predicted octanol–water partition coefficient (Wildman–Crippen LogP) is 5.31. The van der Waals surface area contributed by atoms with Crippen LogP contribution >= 0.6 is 11.8 Å². The Morgan fingerprint density at radius 1 is 1.00 bits per heavy atom. The molecule has 1 heterocycles. The first-order chi connectivity index (χ1) is 10.3. The molecular weight excluding hydrogens is 276 g/mol. The summed E-state index contributed by atoms with van der Waals surface area (Å²) in [6.45, 7) is 2.24. The molecule has 2 aromatic rings. The normalized spacial score (nSPS) is 20.9. The average Bonchev–Trinajstić information content (AvgIpc) is 2.80. The molecular formula is C19H18OS. The van der Waals surface area contributed by atoms with E-state index in [9.17, 15) is 0 Å². The second-order valence-electron chi connectivity index (χ2n) is 5.60. The molecule has 2 aromatic carbocycles. The highest BCUT2D eigenvalue weighted by molar-refractivity contribution is 8.01. The third-order valence-corrected chi connectivity index (χ3v) is 5.83. The van der Waals surface area contributed by atoms with Gasteiger partial charge in [0.2, 0.25) is 4.93 Å². The Hall–Kier alpha value is -1.67. The lowest BCUT2D eigenvalue weighted by molar-refractivity contribution is 0.147. The van der Waals surface area contributed by atoms with E-state index in [0.29, 0.717) is 5.25 Å². The van der Waals surface area contributed by atoms with E-state index in [1.54, 1.807) is 0 Å². The van der Waals surface area contributed by atoms with Crippen LogP contribution in [0.2, 0.25) is 0 Å². The van der Waals surface area contributed by atoms with E-state index in [1.165, 1.54) is 35.1 Å². The molecule has 2 aliphatic rings. The second-order valence-corrected chi connectivity index (χ2v) is 7.02. The molecule has 1 aliphatic heterocycles. The topological polar surface area (TPSA) is 9.23 Å². The highest BCUT2D eigenvalue weighted by atomic mass is 32.2. The molecule has 0 radical (unpaired) electrons. The van der Waals surface area contributed by atoms with Crippen molar-refractivity contribution in [3.05, 3.63) is 72.0 Å². The molecule has 0 amide bonds. The van der Waals surface area contributed by atoms with Crippen LogP contribution in [0.1, 0.15) is 30.9 Å². The van der Waals surface area contributed by atoms with Crippen molar-refractivity contribution in [2.24, 2.45) is 0 Å². The lowest BCUT2D eigenvalue weighted by Crippen LogP contribution is -2.28. The highest BCUT2D eigenvalue weighted by Gasteiger charge is 2.47. The maximum atomic E-state index is 6.24. The summed E-state index contributed by atoms with van der Waals surface area (Å²) in [5.74, 6) is 0. The quantitative estimate of drug-likeness (QED) is 0.742. The van der Waals surface area contributed by atoms with E-state index in [-0.39, 0.29) is 4.93 Å². The van der Waals surface area contributed by atoms with Crippen molar-refractivity contribution in [1.29, 1.82) is 0 Å². The summed E-state index contributed by atoms with van der Waals surface area (Å²) in [6.07, 6.45) is 6.50. The van der Waals surface area contributed by atoms with Crippen molar-refractivity contribution < 1.29 is 4.74 Å². The van der Waals surface area contributed by atoms with Crippen LogP contribution in [0.3, 0.4) is 0 Å². The summed E-state index contributed by atoms with van der Waals surface area (Å²) < 4.78 is 6.24. The summed E-state index contributed by atoms with van der Waals surface area (Å²) in [6, 6.07) is 17.3. The third kappa shape index (κ3) is 1.86. The van der Waals surface area contributed by atoms with Gasteiger partial charge in [0, 0.05) is 16.4 Å². The van der Waals surface area contributed by atoms with Gasteiger partial charge in [-0.1, -0.05) is 73.6 Å². The molecule has 1 nitrogen and oxygen atoms in total. The standard InChI is InChI=1S/C19H18OS/c1-2-7-14-12-13-20-19(21-14)17-10-5-3-8-15(17)16-9-4-6-11-18(16)19/h3-6,8-14H,2,7H2,1H3/t14-/m1/s1. The first-order valence-corrected chi connectivity index (χ1v) is 8.45. The SMILES string of the molecule is CCC[C@@H]1C=COC2(S1)c1ccccc1-c1ccccc12. The van der Waals surface area contributed by atoms with Gasteiger partial charge in [0.05, 0.1) is 6.26 Å². The molecule has 2 heteroatoms. The Morgan fingerprint density at radius 3 is 2.24 bits per heavy atom. The van der Waals surface area contributed by atoms with Gasteiger partial charge < -0.3 is 4.74 Å². The molecule has 21 heavy (non-hydrogen) atoms. The Balaban J connectivity index is 1.91. The largest absolute Gasteiger partial charge is 0.476 e. The molecule has 106 valence electrons. The zero-order valence-corrected chi connectivity index (χ0v) is 12.9. The molecule has 1 aliphatic carbocycles. The number of benzene rings is 2. The zero-order valence-electron chi connectivity index (χ0n) is 12.1. The summed E-state index contributed by atoms with van der Waals surface area (Å²) in [5.41, 5.74) is 5.21. The van der Waals surface area contributed by atoms with E-state index < -0.39 is 0 Å². The van der Waals surface area contributed by atoms with Gasteiger partial charge in [-0.15, -0.1) is 0 Å². The molecule has 1 spiro atoms. The van der Waals surface area contributed by atoms with Crippen LogP contribution < -0.4 is 0 Å². The van der Waals surface area contributed by atoms with Crippen LogP contribution in [0.25, 0.3) is 11.1 Å². The van der Waals surface area contributed by atoms with Crippen LogP contribution in [0.5, 0.6) is 0 Å². The third-order valence-electron chi connectivity index (χ3n) is 4.27. The van der Waals surface area contributed by atoms with E-state index in [2.05, 4.69) is 61.5 Å². The monoisotopic (exact) mass is 294 g/mol. The van der Waals surface area contributed by atoms with Gasteiger partial charge in [0.25, 0.3) is 0 Å². The van der Waals surface area contributed by atoms with E-state index >= 15 is 0 Å². The molecule has 4 rings (SSSR count).